The summed E-state index contributed by atoms with van der Waals surface area (Å²) in [7, 11) is 3.75. The van der Waals surface area contributed by atoms with Gasteiger partial charge in [0.1, 0.15) is 6.20 Å². The zero-order valence-corrected chi connectivity index (χ0v) is 13.1. The Morgan fingerprint density at radius 1 is 1.52 bits per heavy atom. The second-order valence-corrected chi connectivity index (χ2v) is 6.44. The Kier molecular flexibility index (Phi) is 4.07. The SMILES string of the molecule is CN(C(=O)C1=CN=C(SCC2CC2)[NH+]1C)c1cccnc1. The van der Waals surface area contributed by atoms with E-state index >= 15 is 0 Å². The van der Waals surface area contributed by atoms with E-state index in [1.54, 1.807) is 42.3 Å². The standard InChI is InChI=1S/C15H18N4OS/c1-18(12-4-3-7-16-8-12)14(20)13-9-17-15(19(13)2)21-10-11-5-6-11/h3-4,7-9,11H,5-6,10H2,1-2H3/p+1. The minimum atomic E-state index is -0.0359. The summed E-state index contributed by atoms with van der Waals surface area (Å²) in [4.78, 5) is 23.6. The number of hydrogen-bond donors (Lipinski definition) is 1. The van der Waals surface area contributed by atoms with Gasteiger partial charge in [-0.1, -0.05) is 0 Å². The first-order chi connectivity index (χ1) is 10.2. The van der Waals surface area contributed by atoms with Gasteiger partial charge in [-0.15, -0.1) is 0 Å². The van der Waals surface area contributed by atoms with E-state index in [1.807, 2.05) is 19.2 Å². The van der Waals surface area contributed by atoms with Crippen molar-refractivity contribution in [2.24, 2.45) is 10.9 Å². The second kappa shape index (κ2) is 5.99. The number of amides is 1. The molecule has 2 aliphatic rings. The largest absolute Gasteiger partial charge is 0.314 e. The summed E-state index contributed by atoms with van der Waals surface area (Å²) < 4.78 is 0. The summed E-state index contributed by atoms with van der Waals surface area (Å²) >= 11 is 1.77. The molecule has 2 heterocycles. The van der Waals surface area contributed by atoms with Gasteiger partial charge >= 0.3 is 5.91 Å². The fourth-order valence-electron chi connectivity index (χ4n) is 2.12. The molecule has 0 spiro atoms. The van der Waals surface area contributed by atoms with E-state index in [0.29, 0.717) is 5.70 Å². The van der Waals surface area contributed by atoms with Crippen LogP contribution in [0, 0.1) is 5.92 Å². The van der Waals surface area contributed by atoms with Gasteiger partial charge in [-0.25, -0.2) is 4.90 Å². The number of amidine groups is 1. The molecule has 0 aromatic carbocycles. The van der Waals surface area contributed by atoms with Crippen molar-refractivity contribution in [2.45, 2.75) is 12.8 Å². The molecule has 1 aliphatic heterocycles. The Morgan fingerprint density at radius 3 is 3.00 bits per heavy atom. The molecule has 1 atom stereocenters. The van der Waals surface area contributed by atoms with E-state index in [9.17, 15) is 4.79 Å². The van der Waals surface area contributed by atoms with Crippen molar-refractivity contribution < 1.29 is 9.69 Å². The number of nitrogens with zero attached hydrogens (tertiary/aromatic N) is 3. The molecule has 3 rings (SSSR count). The highest BCUT2D eigenvalue weighted by Gasteiger charge is 2.33. The molecular weight excluding hydrogens is 284 g/mol. The van der Waals surface area contributed by atoms with E-state index in [4.69, 9.17) is 0 Å². The van der Waals surface area contributed by atoms with Crippen molar-refractivity contribution in [3.05, 3.63) is 36.4 Å². The average Bonchev–Trinajstić information content (AvgIpc) is 3.28. The lowest BCUT2D eigenvalue weighted by molar-refractivity contribution is -0.724. The lowest BCUT2D eigenvalue weighted by Gasteiger charge is -2.18. The van der Waals surface area contributed by atoms with Crippen LogP contribution in [0.15, 0.2) is 41.4 Å². The number of pyridine rings is 1. The number of likely N-dealkylation sites (N-methyl/N-ethyl adjacent to an activating group) is 2. The van der Waals surface area contributed by atoms with Crippen LogP contribution in [0.25, 0.3) is 0 Å². The molecule has 0 saturated heterocycles. The van der Waals surface area contributed by atoms with Gasteiger partial charge in [0.05, 0.1) is 18.9 Å². The number of aromatic nitrogens is 1. The summed E-state index contributed by atoms with van der Waals surface area (Å²) in [5.74, 6) is 1.93. The van der Waals surface area contributed by atoms with Crippen molar-refractivity contribution in [1.29, 1.82) is 0 Å². The number of carbonyl (C=O) groups excluding carboxylic acids is 1. The molecular formula is C15H19N4OS+. The Labute approximate surface area is 128 Å². The third kappa shape index (κ3) is 3.16. The van der Waals surface area contributed by atoms with Crippen LogP contribution in [-0.2, 0) is 4.79 Å². The maximum absolute atomic E-state index is 12.6. The second-order valence-electron chi connectivity index (χ2n) is 5.43. The van der Waals surface area contributed by atoms with Gasteiger partial charge < -0.3 is 4.90 Å². The molecule has 21 heavy (non-hydrogen) atoms. The van der Waals surface area contributed by atoms with Gasteiger partial charge in [-0.2, -0.15) is 4.99 Å². The molecule has 0 radical (unpaired) electrons. The van der Waals surface area contributed by atoms with Gasteiger partial charge in [0.2, 0.25) is 5.70 Å². The fourth-order valence-corrected chi connectivity index (χ4v) is 3.31. The molecule has 1 saturated carbocycles. The first kappa shape index (κ1) is 14.3. The Hall–Kier alpha value is -1.66. The highest BCUT2D eigenvalue weighted by atomic mass is 32.2. The molecule has 0 bridgehead atoms. The molecule has 110 valence electrons. The average molecular weight is 303 g/mol. The third-order valence-corrected chi connectivity index (χ3v) is 5.08. The maximum atomic E-state index is 12.6. The van der Waals surface area contributed by atoms with Crippen LogP contribution >= 0.6 is 11.8 Å². The van der Waals surface area contributed by atoms with E-state index in [1.165, 1.54) is 12.8 Å². The van der Waals surface area contributed by atoms with Crippen molar-refractivity contribution >= 4 is 28.5 Å². The molecule has 1 aliphatic carbocycles. The van der Waals surface area contributed by atoms with Crippen LogP contribution in [0.4, 0.5) is 5.69 Å². The first-order valence-corrected chi connectivity index (χ1v) is 8.08. The Bertz CT molecular complexity index is 595. The number of rotatable bonds is 4. The summed E-state index contributed by atoms with van der Waals surface area (Å²) in [6, 6.07) is 3.70. The van der Waals surface area contributed by atoms with Gasteiger partial charge in [0.15, 0.2) is 0 Å². The van der Waals surface area contributed by atoms with Gasteiger partial charge in [-0.3, -0.25) is 9.78 Å². The number of carbonyl (C=O) groups is 1. The molecule has 5 nitrogen and oxygen atoms in total. The highest BCUT2D eigenvalue weighted by molar-refractivity contribution is 8.13. The smallest absolute Gasteiger partial charge is 0.305 e. The molecule has 6 heteroatoms. The predicted molar refractivity (Wildman–Crippen MR) is 85.2 cm³/mol. The summed E-state index contributed by atoms with van der Waals surface area (Å²) in [6.07, 6.45) is 7.75. The maximum Gasteiger partial charge on any atom is 0.314 e. The highest BCUT2D eigenvalue weighted by Crippen LogP contribution is 2.32. The van der Waals surface area contributed by atoms with Crippen molar-refractivity contribution in [1.82, 2.24) is 4.98 Å². The normalized spacial score (nSPS) is 21.0. The van der Waals surface area contributed by atoms with Crippen LogP contribution in [0.2, 0.25) is 0 Å². The number of quaternary nitrogens is 1. The molecule has 1 aromatic heterocycles. The molecule has 1 aromatic rings. The van der Waals surface area contributed by atoms with Crippen LogP contribution in [0.3, 0.4) is 0 Å². The number of aliphatic imine (C=N–C) groups is 1. The van der Waals surface area contributed by atoms with Crippen molar-refractivity contribution in [3.8, 4) is 0 Å². The number of hydrogen-bond acceptors (Lipinski definition) is 4. The Balaban J connectivity index is 1.63. The van der Waals surface area contributed by atoms with Crippen LogP contribution < -0.4 is 9.80 Å². The van der Waals surface area contributed by atoms with Crippen LogP contribution in [0.1, 0.15) is 12.8 Å². The minimum Gasteiger partial charge on any atom is -0.305 e. The molecule has 1 unspecified atom stereocenters. The zero-order valence-electron chi connectivity index (χ0n) is 12.2. The van der Waals surface area contributed by atoms with Crippen LogP contribution in [0.5, 0.6) is 0 Å². The molecule has 1 N–H and O–H groups in total. The van der Waals surface area contributed by atoms with E-state index in [0.717, 1.165) is 27.4 Å². The van der Waals surface area contributed by atoms with Gasteiger partial charge in [0.25, 0.3) is 5.17 Å². The van der Waals surface area contributed by atoms with Crippen molar-refractivity contribution in [3.63, 3.8) is 0 Å². The number of nitrogens with one attached hydrogen (secondary N) is 1. The number of anilines is 1. The molecule has 1 amide bonds. The fraction of sp³-hybridized carbons (Fsp3) is 0.400. The lowest BCUT2D eigenvalue weighted by atomic mass is 10.3. The van der Waals surface area contributed by atoms with E-state index in [-0.39, 0.29) is 5.91 Å². The minimum absolute atomic E-state index is 0.0359. The van der Waals surface area contributed by atoms with Crippen LogP contribution in [-0.4, -0.2) is 35.9 Å². The molecule has 1 fully saturated rings. The topological polar surface area (TPSA) is 50.0 Å². The third-order valence-electron chi connectivity index (χ3n) is 3.76. The summed E-state index contributed by atoms with van der Waals surface area (Å²) in [5.41, 5.74) is 1.47. The quantitative estimate of drug-likeness (QED) is 0.899. The Morgan fingerprint density at radius 2 is 2.33 bits per heavy atom. The van der Waals surface area contributed by atoms with E-state index < -0.39 is 0 Å². The van der Waals surface area contributed by atoms with Gasteiger partial charge in [-0.05, 0) is 42.7 Å². The summed E-state index contributed by atoms with van der Waals surface area (Å²) in [6.45, 7) is 0. The van der Waals surface area contributed by atoms with Gasteiger partial charge in [0, 0.05) is 19.0 Å². The van der Waals surface area contributed by atoms with Crippen molar-refractivity contribution in [2.75, 3.05) is 24.7 Å². The monoisotopic (exact) mass is 303 g/mol. The first-order valence-electron chi connectivity index (χ1n) is 7.10. The lowest BCUT2D eigenvalue weighted by Crippen LogP contribution is -3.09. The predicted octanol–water partition coefficient (Wildman–Crippen LogP) is 0.913. The van der Waals surface area contributed by atoms with E-state index in [2.05, 4.69) is 9.98 Å². The number of thioether (sulfide) groups is 1. The zero-order chi connectivity index (χ0) is 14.8. The summed E-state index contributed by atoms with van der Waals surface area (Å²) in [5, 5.41) is 0.991.